The Balaban J connectivity index is 1.21. The number of nitrogens with one attached hydrogen (secondary N) is 3. The molecule has 2 atom stereocenters. The lowest BCUT2D eigenvalue weighted by molar-refractivity contribution is -0.133. The van der Waals surface area contributed by atoms with E-state index < -0.39 is 0 Å². The van der Waals surface area contributed by atoms with Crippen LogP contribution >= 0.6 is 15.9 Å². The Bertz CT molecular complexity index is 1000. The fraction of sp³-hybridized carbons (Fsp3) is 0.364. The van der Waals surface area contributed by atoms with E-state index in [9.17, 15) is 4.79 Å². The van der Waals surface area contributed by atoms with Gasteiger partial charge in [-0.3, -0.25) is 4.79 Å². The number of imidazole rings is 1. The normalized spacial score (nSPS) is 22.4. The molecule has 2 aliphatic heterocycles. The smallest absolute Gasteiger partial charge is 0.241 e. The van der Waals surface area contributed by atoms with Crippen molar-refractivity contribution in [1.29, 1.82) is 0 Å². The number of benzene rings is 2. The monoisotopic (exact) mass is 468 g/mol. The van der Waals surface area contributed by atoms with Gasteiger partial charge >= 0.3 is 0 Å². The van der Waals surface area contributed by atoms with Crippen molar-refractivity contribution in [2.45, 2.75) is 24.9 Å². The summed E-state index contributed by atoms with van der Waals surface area (Å²) in [6, 6.07) is 16.3. The first kappa shape index (κ1) is 19.5. The molecular weight excluding hydrogens is 444 g/mol. The van der Waals surface area contributed by atoms with E-state index in [4.69, 9.17) is 4.98 Å². The molecule has 30 heavy (non-hydrogen) atoms. The summed E-state index contributed by atoms with van der Waals surface area (Å²) >= 11 is 3.47. The first-order chi connectivity index (χ1) is 14.7. The van der Waals surface area contributed by atoms with Gasteiger partial charge in [-0.05, 0) is 42.7 Å². The van der Waals surface area contributed by atoms with E-state index >= 15 is 0 Å². The molecule has 2 unspecified atom stereocenters. The van der Waals surface area contributed by atoms with Crippen molar-refractivity contribution >= 4 is 38.8 Å². The number of hydrogen-bond acceptors (Lipinski definition) is 5. The number of anilines is 1. The zero-order valence-electron chi connectivity index (χ0n) is 16.6. The zero-order valence-corrected chi connectivity index (χ0v) is 18.2. The molecule has 2 aromatic carbocycles. The number of aromatic amines is 1. The maximum absolute atomic E-state index is 13.1. The number of nitrogens with zero attached hydrogens (tertiary/aromatic N) is 3. The number of carbonyl (C=O) groups excluding carboxylic acids is 1. The van der Waals surface area contributed by atoms with Crippen LogP contribution in [0.25, 0.3) is 11.0 Å². The van der Waals surface area contributed by atoms with Crippen LogP contribution in [0, 0.1) is 0 Å². The van der Waals surface area contributed by atoms with Gasteiger partial charge in [0.15, 0.2) is 0 Å². The van der Waals surface area contributed by atoms with Gasteiger partial charge in [-0.2, -0.15) is 0 Å². The molecule has 1 amide bonds. The van der Waals surface area contributed by atoms with Crippen LogP contribution in [-0.4, -0.2) is 53.0 Å². The van der Waals surface area contributed by atoms with Gasteiger partial charge < -0.3 is 14.8 Å². The van der Waals surface area contributed by atoms with Gasteiger partial charge in [-0.15, -0.1) is 0 Å². The Hall–Kier alpha value is -2.42. The zero-order chi connectivity index (χ0) is 20.5. The Morgan fingerprint density at radius 2 is 1.83 bits per heavy atom. The van der Waals surface area contributed by atoms with Gasteiger partial charge in [-0.25, -0.2) is 15.8 Å². The first-order valence-corrected chi connectivity index (χ1v) is 11.2. The number of carbonyl (C=O) groups is 1. The van der Waals surface area contributed by atoms with Crippen LogP contribution in [0.3, 0.4) is 0 Å². The highest BCUT2D eigenvalue weighted by Crippen LogP contribution is 2.25. The molecule has 0 aliphatic carbocycles. The molecule has 2 fully saturated rings. The highest BCUT2D eigenvalue weighted by molar-refractivity contribution is 9.10. The number of rotatable bonds is 3. The average molecular weight is 469 g/mol. The third-order valence-corrected chi connectivity index (χ3v) is 6.49. The SMILES string of the molecule is O=C(C1CC(c2ccc(Br)cc2)NN1)N1CCCN(c2nc3ccccc3[nH]2)CC1. The van der Waals surface area contributed by atoms with Crippen molar-refractivity contribution in [2.75, 3.05) is 31.1 Å². The van der Waals surface area contributed by atoms with E-state index in [-0.39, 0.29) is 18.0 Å². The van der Waals surface area contributed by atoms with Crippen molar-refractivity contribution in [3.05, 3.63) is 58.6 Å². The molecule has 3 aromatic rings. The topological polar surface area (TPSA) is 76.3 Å². The van der Waals surface area contributed by atoms with Crippen LogP contribution in [0.4, 0.5) is 5.95 Å². The van der Waals surface area contributed by atoms with E-state index in [0.29, 0.717) is 6.54 Å². The van der Waals surface area contributed by atoms with E-state index in [1.165, 1.54) is 5.56 Å². The summed E-state index contributed by atoms with van der Waals surface area (Å²) in [5, 5.41) is 0. The molecule has 8 heteroatoms. The fourth-order valence-electron chi connectivity index (χ4n) is 4.29. The van der Waals surface area contributed by atoms with Crippen molar-refractivity contribution in [2.24, 2.45) is 0 Å². The molecule has 0 spiro atoms. The third kappa shape index (κ3) is 3.95. The minimum Gasteiger partial charge on any atom is -0.341 e. The van der Waals surface area contributed by atoms with E-state index in [1.54, 1.807) is 0 Å². The number of aromatic nitrogens is 2. The molecule has 5 rings (SSSR count). The molecular formula is C22H25BrN6O. The second-order valence-corrected chi connectivity index (χ2v) is 8.84. The molecule has 2 saturated heterocycles. The quantitative estimate of drug-likeness (QED) is 0.550. The summed E-state index contributed by atoms with van der Waals surface area (Å²) in [5.41, 5.74) is 9.71. The van der Waals surface area contributed by atoms with Crippen LogP contribution < -0.4 is 15.8 Å². The van der Waals surface area contributed by atoms with Crippen molar-refractivity contribution in [3.8, 4) is 0 Å². The van der Waals surface area contributed by atoms with Crippen LogP contribution in [0.5, 0.6) is 0 Å². The summed E-state index contributed by atoms with van der Waals surface area (Å²) in [4.78, 5) is 25.5. The maximum Gasteiger partial charge on any atom is 0.241 e. The summed E-state index contributed by atoms with van der Waals surface area (Å²) < 4.78 is 1.06. The first-order valence-electron chi connectivity index (χ1n) is 10.4. The standard InChI is InChI=1S/C22H25BrN6O/c23-16-8-6-15(7-9-16)19-14-20(27-26-19)21(30)28-10-3-11-29(13-12-28)22-24-17-4-1-2-5-18(17)25-22/h1-2,4-9,19-20,26-27H,3,10-14H2,(H,24,25). The molecule has 0 radical (unpaired) electrons. The lowest BCUT2D eigenvalue weighted by Gasteiger charge is -2.24. The van der Waals surface area contributed by atoms with Gasteiger partial charge in [0.1, 0.15) is 6.04 Å². The number of H-pyrrole nitrogens is 1. The second-order valence-electron chi connectivity index (χ2n) is 7.92. The van der Waals surface area contributed by atoms with Crippen LogP contribution in [0.2, 0.25) is 0 Å². The largest absolute Gasteiger partial charge is 0.341 e. The fourth-order valence-corrected chi connectivity index (χ4v) is 4.56. The van der Waals surface area contributed by atoms with Crippen LogP contribution in [0.1, 0.15) is 24.4 Å². The molecule has 156 valence electrons. The molecule has 2 aliphatic rings. The number of para-hydroxylation sites is 2. The number of fused-ring (bicyclic) bond motifs is 1. The van der Waals surface area contributed by atoms with Gasteiger partial charge in [-0.1, -0.05) is 40.2 Å². The summed E-state index contributed by atoms with van der Waals surface area (Å²) in [6.07, 6.45) is 1.68. The molecule has 0 saturated carbocycles. The molecule has 7 nitrogen and oxygen atoms in total. The van der Waals surface area contributed by atoms with Crippen LogP contribution in [-0.2, 0) is 4.79 Å². The molecule has 1 aromatic heterocycles. The van der Waals surface area contributed by atoms with E-state index in [2.05, 4.69) is 48.8 Å². The highest BCUT2D eigenvalue weighted by atomic mass is 79.9. The number of hydrogen-bond donors (Lipinski definition) is 3. The lowest BCUT2D eigenvalue weighted by atomic mass is 10.0. The Morgan fingerprint density at radius 1 is 1.00 bits per heavy atom. The van der Waals surface area contributed by atoms with Gasteiger partial charge in [0, 0.05) is 36.7 Å². The Morgan fingerprint density at radius 3 is 2.67 bits per heavy atom. The third-order valence-electron chi connectivity index (χ3n) is 5.96. The summed E-state index contributed by atoms with van der Waals surface area (Å²) in [5.74, 6) is 1.06. The Kier molecular flexibility index (Phi) is 5.45. The predicted molar refractivity (Wildman–Crippen MR) is 121 cm³/mol. The van der Waals surface area contributed by atoms with Crippen LogP contribution in [0.15, 0.2) is 53.0 Å². The van der Waals surface area contributed by atoms with Crippen molar-refractivity contribution < 1.29 is 4.79 Å². The lowest BCUT2D eigenvalue weighted by Crippen LogP contribution is -2.46. The minimum absolute atomic E-state index is 0.145. The highest BCUT2D eigenvalue weighted by Gasteiger charge is 2.33. The number of amides is 1. The summed E-state index contributed by atoms with van der Waals surface area (Å²) in [6.45, 7) is 3.15. The number of hydrazine groups is 1. The summed E-state index contributed by atoms with van der Waals surface area (Å²) in [7, 11) is 0. The molecule has 0 bridgehead atoms. The van der Waals surface area contributed by atoms with E-state index in [0.717, 1.165) is 53.9 Å². The average Bonchev–Trinajstić information content (AvgIpc) is 3.35. The minimum atomic E-state index is -0.198. The van der Waals surface area contributed by atoms with Crippen molar-refractivity contribution in [1.82, 2.24) is 25.7 Å². The van der Waals surface area contributed by atoms with Gasteiger partial charge in [0.25, 0.3) is 0 Å². The second kappa shape index (κ2) is 8.37. The maximum atomic E-state index is 13.1. The van der Waals surface area contributed by atoms with Gasteiger partial charge in [0.05, 0.1) is 11.0 Å². The molecule has 3 heterocycles. The van der Waals surface area contributed by atoms with E-state index in [1.807, 2.05) is 41.3 Å². The van der Waals surface area contributed by atoms with Gasteiger partial charge in [0.2, 0.25) is 11.9 Å². The molecule has 3 N–H and O–H groups in total. The Labute approximate surface area is 183 Å². The number of halogens is 1. The predicted octanol–water partition coefficient (Wildman–Crippen LogP) is 2.97. The van der Waals surface area contributed by atoms with Crippen molar-refractivity contribution in [3.63, 3.8) is 0 Å².